The van der Waals surface area contributed by atoms with Crippen molar-refractivity contribution >= 4 is 40.7 Å². The first-order chi connectivity index (χ1) is 9.84. The molecule has 1 aliphatic carbocycles. The Morgan fingerprint density at radius 2 is 1.77 bits per heavy atom. The van der Waals surface area contributed by atoms with E-state index < -0.39 is 0 Å². The van der Waals surface area contributed by atoms with E-state index in [1.54, 1.807) is 0 Å². The summed E-state index contributed by atoms with van der Waals surface area (Å²) in [4.78, 5) is 7.08. The zero-order chi connectivity index (χ0) is 13.8. The van der Waals surface area contributed by atoms with Crippen molar-refractivity contribution in [1.29, 1.82) is 0 Å². The molecule has 6 heteroatoms. The molecule has 1 aliphatic heterocycles. The zero-order valence-electron chi connectivity index (χ0n) is 12.8. The fourth-order valence-corrected chi connectivity index (χ4v) is 4.16. The van der Waals surface area contributed by atoms with Crippen molar-refractivity contribution in [3.63, 3.8) is 0 Å². The Hall–Kier alpha value is 0.130. The topological polar surface area (TPSA) is 28.2 Å². The standard InChI is InChI=1S/C16H24BrN3.2ClH/c17-15-10-14(11-19-12-15)16(13-4-2-1-3-5-13)20-8-6-18-7-9-20;;/h10-13,16,18H,1-9H2;2*1H/t16-;;/m1../s1. The summed E-state index contributed by atoms with van der Waals surface area (Å²) in [6.45, 7) is 4.55. The van der Waals surface area contributed by atoms with Crippen LogP contribution in [0.15, 0.2) is 22.9 Å². The molecule has 1 saturated carbocycles. The molecule has 3 rings (SSSR count). The van der Waals surface area contributed by atoms with Crippen LogP contribution in [0.3, 0.4) is 0 Å². The molecule has 0 radical (unpaired) electrons. The van der Waals surface area contributed by atoms with Gasteiger partial charge in [0.15, 0.2) is 0 Å². The molecule has 0 amide bonds. The largest absolute Gasteiger partial charge is 0.314 e. The van der Waals surface area contributed by atoms with Gasteiger partial charge in [-0.25, -0.2) is 0 Å². The monoisotopic (exact) mass is 409 g/mol. The van der Waals surface area contributed by atoms with Gasteiger partial charge in [-0.05, 0) is 46.3 Å². The Labute approximate surface area is 154 Å². The Kier molecular flexibility index (Phi) is 9.25. The quantitative estimate of drug-likeness (QED) is 0.808. The highest BCUT2D eigenvalue weighted by atomic mass is 79.9. The number of halogens is 3. The van der Waals surface area contributed by atoms with Crippen molar-refractivity contribution in [3.8, 4) is 0 Å². The average Bonchev–Trinajstić information content (AvgIpc) is 2.50. The maximum atomic E-state index is 4.41. The van der Waals surface area contributed by atoms with Gasteiger partial charge in [0, 0.05) is 49.1 Å². The van der Waals surface area contributed by atoms with E-state index in [0.717, 1.165) is 36.6 Å². The fraction of sp³-hybridized carbons (Fsp3) is 0.688. The lowest BCUT2D eigenvalue weighted by Crippen LogP contribution is -2.47. The van der Waals surface area contributed by atoms with Crippen LogP contribution >= 0.6 is 40.7 Å². The van der Waals surface area contributed by atoms with E-state index in [9.17, 15) is 0 Å². The molecular formula is C16H26BrCl2N3. The second-order valence-electron chi connectivity index (χ2n) is 6.07. The lowest BCUT2D eigenvalue weighted by Gasteiger charge is -2.41. The third-order valence-corrected chi connectivity index (χ3v) is 5.14. The number of aromatic nitrogens is 1. The van der Waals surface area contributed by atoms with Gasteiger partial charge in [0.2, 0.25) is 0 Å². The summed E-state index contributed by atoms with van der Waals surface area (Å²) in [6.07, 6.45) is 10.9. The minimum Gasteiger partial charge on any atom is -0.314 e. The summed E-state index contributed by atoms with van der Waals surface area (Å²) in [5.41, 5.74) is 1.40. The third kappa shape index (κ3) is 5.07. The Balaban J connectivity index is 0.00000121. The highest BCUT2D eigenvalue weighted by molar-refractivity contribution is 9.10. The van der Waals surface area contributed by atoms with Crippen LogP contribution in [0.4, 0.5) is 0 Å². The first kappa shape index (κ1) is 20.2. The molecule has 126 valence electrons. The summed E-state index contributed by atoms with van der Waals surface area (Å²) >= 11 is 3.59. The predicted molar refractivity (Wildman–Crippen MR) is 100 cm³/mol. The van der Waals surface area contributed by atoms with Gasteiger partial charge in [0.1, 0.15) is 0 Å². The van der Waals surface area contributed by atoms with Gasteiger partial charge >= 0.3 is 0 Å². The molecule has 1 N–H and O–H groups in total. The number of nitrogens with zero attached hydrogens (tertiary/aromatic N) is 2. The van der Waals surface area contributed by atoms with Crippen molar-refractivity contribution in [2.45, 2.75) is 38.1 Å². The van der Waals surface area contributed by atoms with E-state index in [4.69, 9.17) is 0 Å². The smallest absolute Gasteiger partial charge is 0.0410 e. The van der Waals surface area contributed by atoms with Crippen molar-refractivity contribution in [3.05, 3.63) is 28.5 Å². The number of pyridine rings is 1. The predicted octanol–water partition coefficient (Wildman–Crippen LogP) is 4.21. The minimum atomic E-state index is 0. The number of nitrogens with one attached hydrogen (secondary N) is 1. The van der Waals surface area contributed by atoms with Gasteiger partial charge in [-0.1, -0.05) is 19.3 Å². The van der Waals surface area contributed by atoms with Gasteiger partial charge < -0.3 is 5.32 Å². The van der Waals surface area contributed by atoms with Gasteiger partial charge in [0.05, 0.1) is 0 Å². The molecular weight excluding hydrogens is 385 g/mol. The summed E-state index contributed by atoms with van der Waals surface area (Å²) in [6, 6.07) is 2.83. The summed E-state index contributed by atoms with van der Waals surface area (Å²) in [5.74, 6) is 0.804. The summed E-state index contributed by atoms with van der Waals surface area (Å²) in [7, 11) is 0. The van der Waals surface area contributed by atoms with Crippen LogP contribution in [0, 0.1) is 5.92 Å². The highest BCUT2D eigenvalue weighted by Crippen LogP contribution is 2.38. The molecule has 2 heterocycles. The molecule has 2 aliphatic rings. The fourth-order valence-electron chi connectivity index (χ4n) is 3.78. The van der Waals surface area contributed by atoms with Gasteiger partial charge in [-0.3, -0.25) is 9.88 Å². The molecule has 1 aromatic rings. The molecule has 0 bridgehead atoms. The minimum absolute atomic E-state index is 0. The van der Waals surface area contributed by atoms with Gasteiger partial charge in [-0.2, -0.15) is 0 Å². The molecule has 1 saturated heterocycles. The second-order valence-corrected chi connectivity index (χ2v) is 6.98. The van der Waals surface area contributed by atoms with Crippen LogP contribution in [0.2, 0.25) is 0 Å². The van der Waals surface area contributed by atoms with Crippen LogP contribution in [-0.4, -0.2) is 36.1 Å². The molecule has 22 heavy (non-hydrogen) atoms. The molecule has 1 aromatic heterocycles. The number of piperazine rings is 1. The highest BCUT2D eigenvalue weighted by Gasteiger charge is 2.31. The number of rotatable bonds is 3. The van der Waals surface area contributed by atoms with Crippen molar-refractivity contribution in [2.24, 2.45) is 5.92 Å². The summed E-state index contributed by atoms with van der Waals surface area (Å²) < 4.78 is 1.10. The zero-order valence-corrected chi connectivity index (χ0v) is 16.1. The third-order valence-electron chi connectivity index (χ3n) is 4.71. The SMILES string of the molecule is Brc1cncc([C@@H](C2CCCCC2)N2CCNCC2)c1.Cl.Cl. The molecule has 1 atom stereocenters. The maximum Gasteiger partial charge on any atom is 0.0410 e. The molecule has 0 spiro atoms. The van der Waals surface area contributed by atoms with Crippen molar-refractivity contribution in [1.82, 2.24) is 15.2 Å². The number of hydrogen-bond acceptors (Lipinski definition) is 3. The normalized spacial score (nSPS) is 21.5. The van der Waals surface area contributed by atoms with Crippen LogP contribution < -0.4 is 5.32 Å². The molecule has 0 aromatic carbocycles. The summed E-state index contributed by atoms with van der Waals surface area (Å²) in [5, 5.41) is 3.47. The Bertz CT molecular complexity index is 417. The van der Waals surface area contributed by atoms with E-state index in [0.29, 0.717) is 6.04 Å². The van der Waals surface area contributed by atoms with Crippen LogP contribution in [0.25, 0.3) is 0 Å². The lowest BCUT2D eigenvalue weighted by molar-refractivity contribution is 0.103. The lowest BCUT2D eigenvalue weighted by atomic mass is 9.80. The maximum absolute atomic E-state index is 4.41. The molecule has 2 fully saturated rings. The van der Waals surface area contributed by atoms with Gasteiger partial charge in [-0.15, -0.1) is 24.8 Å². The Morgan fingerprint density at radius 3 is 2.41 bits per heavy atom. The first-order valence-electron chi connectivity index (χ1n) is 7.90. The van der Waals surface area contributed by atoms with E-state index in [2.05, 4.69) is 43.4 Å². The van der Waals surface area contributed by atoms with Crippen molar-refractivity contribution in [2.75, 3.05) is 26.2 Å². The van der Waals surface area contributed by atoms with Crippen molar-refractivity contribution < 1.29 is 0 Å². The van der Waals surface area contributed by atoms with Crippen LogP contribution in [0.5, 0.6) is 0 Å². The van der Waals surface area contributed by atoms with E-state index >= 15 is 0 Å². The molecule has 3 nitrogen and oxygen atoms in total. The Morgan fingerprint density at radius 1 is 1.09 bits per heavy atom. The van der Waals surface area contributed by atoms with E-state index in [-0.39, 0.29) is 24.8 Å². The second kappa shape index (κ2) is 10.1. The van der Waals surface area contributed by atoms with Gasteiger partial charge in [0.25, 0.3) is 0 Å². The van der Waals surface area contributed by atoms with E-state index in [1.165, 1.54) is 37.7 Å². The average molecular weight is 411 g/mol. The number of hydrogen-bond donors (Lipinski definition) is 1. The van der Waals surface area contributed by atoms with Crippen LogP contribution in [0.1, 0.15) is 43.7 Å². The first-order valence-corrected chi connectivity index (χ1v) is 8.69. The van der Waals surface area contributed by atoms with E-state index in [1.807, 2.05) is 6.20 Å². The molecule has 0 unspecified atom stereocenters. The van der Waals surface area contributed by atoms with Crippen LogP contribution in [-0.2, 0) is 0 Å².